The molecule has 0 unspecified atom stereocenters. The lowest BCUT2D eigenvalue weighted by atomic mass is 9.83. The monoisotopic (exact) mass is 381 g/mol. The van der Waals surface area contributed by atoms with Crippen molar-refractivity contribution in [2.75, 3.05) is 12.8 Å². The Labute approximate surface area is 169 Å². The molecule has 0 aliphatic rings. The van der Waals surface area contributed by atoms with Crippen LogP contribution in [0.4, 0.5) is 5.69 Å². The standard InChI is InChI=1S/C24H19N3O2/c1-14-4-8-16(9-5-14)20-18(12-25)23(27)19(13-26)22(24(28)29-3)21(20)17-10-6-15(2)7-11-17/h4-11H,27H2,1-3H3. The summed E-state index contributed by atoms with van der Waals surface area (Å²) >= 11 is 0. The highest BCUT2D eigenvalue weighted by molar-refractivity contribution is 6.08. The number of benzene rings is 3. The molecule has 0 amide bonds. The van der Waals surface area contributed by atoms with Crippen LogP contribution in [0.1, 0.15) is 32.6 Å². The first-order valence-corrected chi connectivity index (χ1v) is 8.95. The topological polar surface area (TPSA) is 99.9 Å². The first kappa shape index (κ1) is 19.7. The molecule has 0 aliphatic carbocycles. The quantitative estimate of drug-likeness (QED) is 0.521. The van der Waals surface area contributed by atoms with E-state index in [2.05, 4.69) is 6.07 Å². The molecule has 0 atom stereocenters. The molecule has 5 heteroatoms. The maximum atomic E-state index is 12.7. The molecular formula is C24H19N3O2. The minimum Gasteiger partial charge on any atom is -0.465 e. The fourth-order valence-corrected chi connectivity index (χ4v) is 3.33. The SMILES string of the molecule is COC(=O)c1c(C#N)c(N)c(C#N)c(-c2ccc(C)cc2)c1-c1ccc(C)cc1. The predicted molar refractivity (Wildman–Crippen MR) is 112 cm³/mol. The van der Waals surface area contributed by atoms with E-state index in [0.29, 0.717) is 16.7 Å². The second-order valence-electron chi connectivity index (χ2n) is 6.74. The summed E-state index contributed by atoms with van der Waals surface area (Å²) in [5, 5.41) is 19.6. The lowest BCUT2D eigenvalue weighted by Crippen LogP contribution is -2.12. The van der Waals surface area contributed by atoms with Crippen LogP contribution < -0.4 is 5.73 Å². The zero-order chi connectivity index (χ0) is 21.1. The van der Waals surface area contributed by atoms with Gasteiger partial charge in [-0.1, -0.05) is 59.7 Å². The van der Waals surface area contributed by atoms with Crippen LogP contribution >= 0.6 is 0 Å². The van der Waals surface area contributed by atoms with E-state index in [1.165, 1.54) is 7.11 Å². The molecule has 0 bridgehead atoms. The zero-order valence-electron chi connectivity index (χ0n) is 16.4. The van der Waals surface area contributed by atoms with E-state index in [9.17, 15) is 15.3 Å². The maximum absolute atomic E-state index is 12.7. The van der Waals surface area contributed by atoms with Gasteiger partial charge in [0.1, 0.15) is 12.1 Å². The molecule has 0 fully saturated rings. The number of rotatable bonds is 3. The summed E-state index contributed by atoms with van der Waals surface area (Å²) in [6.07, 6.45) is 0. The molecule has 3 aromatic rings. The van der Waals surface area contributed by atoms with Gasteiger partial charge in [0.15, 0.2) is 0 Å². The third-order valence-corrected chi connectivity index (χ3v) is 4.83. The molecular weight excluding hydrogens is 362 g/mol. The number of hydrogen-bond acceptors (Lipinski definition) is 5. The minimum atomic E-state index is -0.679. The molecule has 29 heavy (non-hydrogen) atoms. The predicted octanol–water partition coefficient (Wildman–Crippen LogP) is 4.75. The first-order valence-electron chi connectivity index (χ1n) is 8.95. The van der Waals surface area contributed by atoms with Crippen LogP contribution in [-0.2, 0) is 4.74 Å². The Balaban J connectivity index is 2.58. The number of carbonyl (C=O) groups excluding carboxylic acids is 1. The maximum Gasteiger partial charge on any atom is 0.339 e. The van der Waals surface area contributed by atoms with Gasteiger partial charge in [0.25, 0.3) is 0 Å². The molecule has 0 saturated carbocycles. The number of nitriles is 2. The van der Waals surface area contributed by atoms with Crippen molar-refractivity contribution in [1.82, 2.24) is 0 Å². The molecule has 2 N–H and O–H groups in total. The summed E-state index contributed by atoms with van der Waals surface area (Å²) in [6.45, 7) is 3.92. The van der Waals surface area contributed by atoms with Crippen molar-refractivity contribution in [3.63, 3.8) is 0 Å². The van der Waals surface area contributed by atoms with Gasteiger partial charge in [-0.2, -0.15) is 10.5 Å². The Morgan fingerprint density at radius 3 is 1.69 bits per heavy atom. The number of nitrogens with zero attached hydrogens (tertiary/aromatic N) is 2. The average molecular weight is 381 g/mol. The molecule has 0 spiro atoms. The lowest BCUT2D eigenvalue weighted by Gasteiger charge is -2.20. The summed E-state index contributed by atoms with van der Waals surface area (Å²) in [5.74, 6) is -0.679. The van der Waals surface area contributed by atoms with Crippen molar-refractivity contribution in [3.8, 4) is 34.4 Å². The number of carbonyl (C=O) groups is 1. The molecule has 3 rings (SSSR count). The third kappa shape index (κ3) is 3.42. The van der Waals surface area contributed by atoms with Gasteiger partial charge in [0, 0.05) is 11.1 Å². The number of esters is 1. The van der Waals surface area contributed by atoms with E-state index in [1.54, 1.807) is 0 Å². The van der Waals surface area contributed by atoms with Gasteiger partial charge in [0.2, 0.25) is 0 Å². The number of ether oxygens (including phenoxy) is 1. The number of nitrogens with two attached hydrogens (primary N) is 1. The van der Waals surface area contributed by atoms with Crippen LogP contribution in [0.25, 0.3) is 22.3 Å². The van der Waals surface area contributed by atoms with E-state index < -0.39 is 5.97 Å². The van der Waals surface area contributed by atoms with Crippen LogP contribution in [-0.4, -0.2) is 13.1 Å². The average Bonchev–Trinajstić information content (AvgIpc) is 2.73. The summed E-state index contributed by atoms with van der Waals surface area (Å²) in [6, 6.07) is 19.2. The van der Waals surface area contributed by atoms with E-state index in [4.69, 9.17) is 10.5 Å². The summed E-state index contributed by atoms with van der Waals surface area (Å²) in [4.78, 5) is 12.7. The number of anilines is 1. The molecule has 142 valence electrons. The van der Waals surface area contributed by atoms with Crippen molar-refractivity contribution in [2.45, 2.75) is 13.8 Å². The second-order valence-corrected chi connectivity index (χ2v) is 6.74. The summed E-state index contributed by atoms with van der Waals surface area (Å²) in [7, 11) is 1.25. The number of hydrogen-bond donors (Lipinski definition) is 1. The smallest absolute Gasteiger partial charge is 0.339 e. The Bertz CT molecular complexity index is 1180. The molecule has 0 aromatic heterocycles. The van der Waals surface area contributed by atoms with E-state index in [1.807, 2.05) is 68.4 Å². The van der Waals surface area contributed by atoms with Crippen LogP contribution in [0, 0.1) is 36.5 Å². The Morgan fingerprint density at radius 1 is 0.828 bits per heavy atom. The van der Waals surface area contributed by atoms with Crippen molar-refractivity contribution in [2.24, 2.45) is 0 Å². The first-order chi connectivity index (χ1) is 13.9. The molecule has 5 nitrogen and oxygen atoms in total. The van der Waals surface area contributed by atoms with Gasteiger partial charge >= 0.3 is 5.97 Å². The molecule has 3 aromatic carbocycles. The van der Waals surface area contributed by atoms with E-state index in [0.717, 1.165) is 16.7 Å². The summed E-state index contributed by atoms with van der Waals surface area (Å²) < 4.78 is 4.97. The van der Waals surface area contributed by atoms with Crippen molar-refractivity contribution in [3.05, 3.63) is 76.3 Å². The second kappa shape index (κ2) is 7.88. The summed E-state index contributed by atoms with van der Waals surface area (Å²) in [5.41, 5.74) is 10.8. The van der Waals surface area contributed by atoms with Gasteiger partial charge in [-0.15, -0.1) is 0 Å². The van der Waals surface area contributed by atoms with Gasteiger partial charge in [-0.3, -0.25) is 0 Å². The molecule has 0 radical (unpaired) electrons. The highest BCUT2D eigenvalue weighted by atomic mass is 16.5. The van der Waals surface area contributed by atoms with Crippen molar-refractivity contribution >= 4 is 11.7 Å². The van der Waals surface area contributed by atoms with Gasteiger partial charge in [-0.05, 0) is 25.0 Å². The van der Waals surface area contributed by atoms with Gasteiger partial charge in [0.05, 0.1) is 29.5 Å². The molecule has 0 saturated heterocycles. The van der Waals surface area contributed by atoms with E-state index in [-0.39, 0.29) is 22.4 Å². The Kier molecular flexibility index (Phi) is 5.34. The van der Waals surface area contributed by atoms with Crippen molar-refractivity contribution in [1.29, 1.82) is 10.5 Å². The van der Waals surface area contributed by atoms with E-state index >= 15 is 0 Å². The molecule has 0 aliphatic heterocycles. The highest BCUT2D eigenvalue weighted by Gasteiger charge is 2.28. The van der Waals surface area contributed by atoms with Gasteiger partial charge < -0.3 is 10.5 Å². The number of nitrogen functional groups attached to an aromatic ring is 1. The van der Waals surface area contributed by atoms with Crippen LogP contribution in [0.2, 0.25) is 0 Å². The lowest BCUT2D eigenvalue weighted by molar-refractivity contribution is 0.0601. The fourth-order valence-electron chi connectivity index (χ4n) is 3.33. The number of aryl methyl sites for hydroxylation is 2. The Morgan fingerprint density at radius 2 is 1.28 bits per heavy atom. The van der Waals surface area contributed by atoms with Crippen LogP contribution in [0.3, 0.4) is 0 Å². The highest BCUT2D eigenvalue weighted by Crippen LogP contribution is 2.43. The largest absolute Gasteiger partial charge is 0.465 e. The fraction of sp³-hybridized carbons (Fsp3) is 0.125. The van der Waals surface area contributed by atoms with Crippen LogP contribution in [0.15, 0.2) is 48.5 Å². The van der Waals surface area contributed by atoms with Gasteiger partial charge in [-0.25, -0.2) is 4.79 Å². The third-order valence-electron chi connectivity index (χ3n) is 4.83. The molecule has 0 heterocycles. The number of methoxy groups -OCH3 is 1. The Hall–Kier alpha value is -4.09. The minimum absolute atomic E-state index is 0.0261. The van der Waals surface area contributed by atoms with Crippen LogP contribution in [0.5, 0.6) is 0 Å². The zero-order valence-corrected chi connectivity index (χ0v) is 16.4. The normalized spacial score (nSPS) is 10.1. The van der Waals surface area contributed by atoms with Crippen molar-refractivity contribution < 1.29 is 9.53 Å².